The molecule has 1 aromatic rings. The molecule has 0 aromatic heterocycles. The van der Waals surface area contributed by atoms with E-state index in [0.717, 1.165) is 5.56 Å². The summed E-state index contributed by atoms with van der Waals surface area (Å²) in [6.07, 6.45) is 1.01. The number of rotatable bonds is 5. The van der Waals surface area contributed by atoms with Crippen molar-refractivity contribution < 1.29 is 14.3 Å². The van der Waals surface area contributed by atoms with Gasteiger partial charge in [0.2, 0.25) is 0 Å². The topological polar surface area (TPSA) is 59.3 Å². The van der Waals surface area contributed by atoms with Crippen molar-refractivity contribution in [3.63, 3.8) is 0 Å². The lowest BCUT2D eigenvalue weighted by molar-refractivity contribution is 0.0526. The molecule has 0 fully saturated rings. The van der Waals surface area contributed by atoms with E-state index in [2.05, 4.69) is 6.07 Å². The number of benzene rings is 1. The number of nitriles is 1. The second-order valence-electron chi connectivity index (χ2n) is 3.45. The van der Waals surface area contributed by atoms with Crippen LogP contribution in [-0.2, 0) is 11.2 Å². The van der Waals surface area contributed by atoms with Crippen LogP contribution in [0.1, 0.15) is 29.3 Å². The van der Waals surface area contributed by atoms with Gasteiger partial charge in [-0.1, -0.05) is 0 Å². The molecule has 0 aliphatic heterocycles. The van der Waals surface area contributed by atoms with Crippen LogP contribution in [0, 0.1) is 11.3 Å². The quantitative estimate of drug-likeness (QED) is 0.732. The minimum atomic E-state index is -0.371. The molecule has 1 aromatic carbocycles. The first-order valence-electron chi connectivity index (χ1n) is 5.43. The standard InChI is InChI=1S/C13H15NO3/c1-3-17-13(15)11-7-10(5-4-6-14)8-12(9-11)16-2/h7-9H,3-5H2,1-2H3. The lowest BCUT2D eigenvalue weighted by Crippen LogP contribution is -2.05. The summed E-state index contributed by atoms with van der Waals surface area (Å²) in [5.41, 5.74) is 1.35. The summed E-state index contributed by atoms with van der Waals surface area (Å²) >= 11 is 0. The van der Waals surface area contributed by atoms with Crippen molar-refractivity contribution in [2.45, 2.75) is 19.8 Å². The summed E-state index contributed by atoms with van der Waals surface area (Å²) in [7, 11) is 1.54. The van der Waals surface area contributed by atoms with Crippen molar-refractivity contribution in [2.75, 3.05) is 13.7 Å². The van der Waals surface area contributed by atoms with E-state index in [9.17, 15) is 4.79 Å². The highest BCUT2D eigenvalue weighted by Crippen LogP contribution is 2.19. The summed E-state index contributed by atoms with van der Waals surface area (Å²) in [4.78, 5) is 11.6. The number of aryl methyl sites for hydroxylation is 1. The first kappa shape index (κ1) is 13.0. The van der Waals surface area contributed by atoms with Crippen molar-refractivity contribution >= 4 is 5.97 Å². The van der Waals surface area contributed by atoms with Gasteiger partial charge in [-0.15, -0.1) is 0 Å². The van der Waals surface area contributed by atoms with Crippen LogP contribution in [0.4, 0.5) is 0 Å². The largest absolute Gasteiger partial charge is 0.497 e. The van der Waals surface area contributed by atoms with Crippen LogP contribution in [0.2, 0.25) is 0 Å². The molecule has 90 valence electrons. The highest BCUT2D eigenvalue weighted by Gasteiger charge is 2.09. The average molecular weight is 233 g/mol. The van der Waals surface area contributed by atoms with Gasteiger partial charge >= 0.3 is 5.97 Å². The molecule has 0 unspecified atom stereocenters. The highest BCUT2D eigenvalue weighted by atomic mass is 16.5. The Labute approximate surface area is 101 Å². The van der Waals surface area contributed by atoms with E-state index in [1.165, 1.54) is 0 Å². The fourth-order valence-corrected chi connectivity index (χ4v) is 1.46. The lowest BCUT2D eigenvalue weighted by atomic mass is 10.1. The highest BCUT2D eigenvalue weighted by molar-refractivity contribution is 5.90. The van der Waals surface area contributed by atoms with Gasteiger partial charge in [0.05, 0.1) is 25.3 Å². The molecule has 0 atom stereocenters. The van der Waals surface area contributed by atoms with E-state index in [-0.39, 0.29) is 5.97 Å². The zero-order valence-corrected chi connectivity index (χ0v) is 10.0. The van der Waals surface area contributed by atoms with Crippen LogP contribution >= 0.6 is 0 Å². The monoisotopic (exact) mass is 233 g/mol. The SMILES string of the molecule is CCOC(=O)c1cc(CCC#N)cc(OC)c1. The number of nitrogens with zero attached hydrogens (tertiary/aromatic N) is 1. The van der Waals surface area contributed by atoms with Crippen molar-refractivity contribution in [1.82, 2.24) is 0 Å². The van der Waals surface area contributed by atoms with Gasteiger partial charge in [0.1, 0.15) is 5.75 Å². The number of methoxy groups -OCH3 is 1. The van der Waals surface area contributed by atoms with E-state index >= 15 is 0 Å². The van der Waals surface area contributed by atoms with Gasteiger partial charge in [0.25, 0.3) is 0 Å². The van der Waals surface area contributed by atoms with E-state index < -0.39 is 0 Å². The number of carbonyl (C=O) groups is 1. The molecule has 0 amide bonds. The number of hydrogen-bond acceptors (Lipinski definition) is 4. The molecule has 4 heteroatoms. The molecule has 0 spiro atoms. The zero-order chi connectivity index (χ0) is 12.7. The molecule has 0 bridgehead atoms. The summed E-state index contributed by atoms with van der Waals surface area (Å²) < 4.78 is 10.0. The van der Waals surface area contributed by atoms with Crippen LogP contribution in [-0.4, -0.2) is 19.7 Å². The summed E-state index contributed by atoms with van der Waals surface area (Å²) in [6.45, 7) is 2.10. The van der Waals surface area contributed by atoms with Crippen molar-refractivity contribution in [2.24, 2.45) is 0 Å². The van der Waals surface area contributed by atoms with Gasteiger partial charge in [0.15, 0.2) is 0 Å². The maximum absolute atomic E-state index is 11.6. The van der Waals surface area contributed by atoms with Gasteiger partial charge in [0, 0.05) is 6.42 Å². The van der Waals surface area contributed by atoms with Crippen LogP contribution in [0.3, 0.4) is 0 Å². The van der Waals surface area contributed by atoms with Crippen LogP contribution in [0.5, 0.6) is 5.75 Å². The molecular weight excluding hydrogens is 218 g/mol. The van der Waals surface area contributed by atoms with Crippen molar-refractivity contribution in [3.05, 3.63) is 29.3 Å². The van der Waals surface area contributed by atoms with E-state index in [1.807, 2.05) is 6.07 Å². The van der Waals surface area contributed by atoms with Gasteiger partial charge in [-0.05, 0) is 37.1 Å². The number of carbonyl (C=O) groups excluding carboxylic acids is 1. The van der Waals surface area contributed by atoms with Gasteiger partial charge in [-0.2, -0.15) is 5.26 Å². The number of esters is 1. The van der Waals surface area contributed by atoms with Gasteiger partial charge < -0.3 is 9.47 Å². The summed E-state index contributed by atoms with van der Waals surface area (Å²) in [6, 6.07) is 7.26. The van der Waals surface area contributed by atoms with E-state index in [4.69, 9.17) is 14.7 Å². The second kappa shape index (κ2) is 6.54. The average Bonchev–Trinajstić information content (AvgIpc) is 2.36. The molecule has 0 aliphatic carbocycles. The van der Waals surface area contributed by atoms with Crippen molar-refractivity contribution in [3.8, 4) is 11.8 Å². The van der Waals surface area contributed by atoms with E-state index in [1.54, 1.807) is 26.2 Å². The van der Waals surface area contributed by atoms with E-state index in [0.29, 0.717) is 30.8 Å². The Kier molecular flexibility index (Phi) is 5.02. The first-order valence-corrected chi connectivity index (χ1v) is 5.43. The van der Waals surface area contributed by atoms with Crippen molar-refractivity contribution in [1.29, 1.82) is 5.26 Å². The predicted molar refractivity (Wildman–Crippen MR) is 62.9 cm³/mol. The predicted octanol–water partition coefficient (Wildman–Crippen LogP) is 2.33. The molecule has 0 heterocycles. The fraction of sp³-hybridized carbons (Fsp3) is 0.385. The minimum absolute atomic E-state index is 0.337. The third-order valence-electron chi connectivity index (χ3n) is 2.24. The maximum Gasteiger partial charge on any atom is 0.338 e. The molecule has 0 radical (unpaired) electrons. The first-order chi connectivity index (χ1) is 8.21. The van der Waals surface area contributed by atoms with Crippen LogP contribution in [0.15, 0.2) is 18.2 Å². The molecule has 0 N–H and O–H groups in total. The number of ether oxygens (including phenoxy) is 2. The smallest absolute Gasteiger partial charge is 0.338 e. The van der Waals surface area contributed by atoms with Gasteiger partial charge in [-0.3, -0.25) is 0 Å². The molecule has 0 saturated carbocycles. The molecule has 0 saturated heterocycles. The summed E-state index contributed by atoms with van der Waals surface area (Å²) in [5, 5.41) is 8.54. The van der Waals surface area contributed by atoms with Gasteiger partial charge in [-0.25, -0.2) is 4.79 Å². The minimum Gasteiger partial charge on any atom is -0.497 e. The Morgan fingerprint density at radius 2 is 2.18 bits per heavy atom. The Balaban J connectivity index is 2.97. The fourth-order valence-electron chi connectivity index (χ4n) is 1.46. The van der Waals surface area contributed by atoms with Crippen LogP contribution < -0.4 is 4.74 Å². The molecule has 1 rings (SSSR count). The molecular formula is C13H15NO3. The number of hydrogen-bond donors (Lipinski definition) is 0. The molecule has 4 nitrogen and oxygen atoms in total. The second-order valence-corrected chi connectivity index (χ2v) is 3.45. The third kappa shape index (κ3) is 3.80. The Bertz CT molecular complexity index is 435. The zero-order valence-electron chi connectivity index (χ0n) is 10.0. The molecule has 17 heavy (non-hydrogen) atoms. The maximum atomic E-state index is 11.6. The molecule has 0 aliphatic rings. The summed E-state index contributed by atoms with van der Waals surface area (Å²) in [5.74, 6) is 0.230. The van der Waals surface area contributed by atoms with Crippen LogP contribution in [0.25, 0.3) is 0 Å². The normalized spacial score (nSPS) is 9.47. The Morgan fingerprint density at radius 3 is 2.76 bits per heavy atom. The third-order valence-corrected chi connectivity index (χ3v) is 2.24. The Hall–Kier alpha value is -2.02. The Morgan fingerprint density at radius 1 is 1.41 bits per heavy atom. The lowest BCUT2D eigenvalue weighted by Gasteiger charge is -2.07.